The van der Waals surface area contributed by atoms with Gasteiger partial charge in [0.25, 0.3) is 0 Å². The standard InChI is InChI=1S/C17H19BrClNO2/c1-15(2)16(3)7-8-17(15,12(18)13(16)21)14(22)20-11-6-4-5-10(19)9-11/h4-6,9,12H,7-8H2,1-3H3,(H,20,22)/t12-,16-,17+/m1/s1. The minimum atomic E-state index is -0.721. The van der Waals surface area contributed by atoms with Crippen LogP contribution in [-0.2, 0) is 9.59 Å². The van der Waals surface area contributed by atoms with Crippen LogP contribution in [0.3, 0.4) is 0 Å². The molecule has 2 aliphatic rings. The van der Waals surface area contributed by atoms with Crippen molar-refractivity contribution in [3.8, 4) is 0 Å². The van der Waals surface area contributed by atoms with Crippen molar-refractivity contribution in [3.63, 3.8) is 0 Å². The summed E-state index contributed by atoms with van der Waals surface area (Å²) in [7, 11) is 0. The van der Waals surface area contributed by atoms with Gasteiger partial charge in [0.1, 0.15) is 0 Å². The number of ketones is 1. The zero-order valence-corrected chi connectivity index (χ0v) is 15.2. The van der Waals surface area contributed by atoms with Crippen molar-refractivity contribution in [2.75, 3.05) is 5.32 Å². The molecule has 0 aromatic heterocycles. The molecule has 2 fully saturated rings. The number of halogens is 2. The Morgan fingerprint density at radius 3 is 2.55 bits per heavy atom. The number of hydrogen-bond acceptors (Lipinski definition) is 2. The van der Waals surface area contributed by atoms with Crippen molar-refractivity contribution in [2.45, 2.75) is 38.4 Å². The maximum atomic E-state index is 13.1. The number of benzene rings is 1. The molecule has 2 bridgehead atoms. The van der Waals surface area contributed by atoms with Crippen LogP contribution in [0.4, 0.5) is 5.69 Å². The third-order valence-corrected chi connectivity index (χ3v) is 7.64. The summed E-state index contributed by atoms with van der Waals surface area (Å²) in [5.74, 6) is 0.0428. The molecule has 2 saturated carbocycles. The second-order valence-corrected chi connectivity index (χ2v) is 8.47. The summed E-state index contributed by atoms with van der Waals surface area (Å²) in [6, 6.07) is 7.09. The highest BCUT2D eigenvalue weighted by molar-refractivity contribution is 9.10. The van der Waals surface area contributed by atoms with Crippen LogP contribution in [0.2, 0.25) is 5.02 Å². The molecular weight excluding hydrogens is 366 g/mol. The van der Waals surface area contributed by atoms with Crippen molar-refractivity contribution in [1.29, 1.82) is 0 Å². The van der Waals surface area contributed by atoms with E-state index in [1.165, 1.54) is 0 Å². The van der Waals surface area contributed by atoms with Crippen molar-refractivity contribution >= 4 is 44.9 Å². The molecule has 3 rings (SSSR count). The van der Waals surface area contributed by atoms with Crippen LogP contribution < -0.4 is 5.32 Å². The van der Waals surface area contributed by atoms with Crippen LogP contribution in [0.5, 0.6) is 0 Å². The summed E-state index contributed by atoms with van der Waals surface area (Å²) in [5, 5.41) is 3.53. The van der Waals surface area contributed by atoms with Crippen LogP contribution in [0, 0.1) is 16.2 Å². The molecule has 5 heteroatoms. The van der Waals surface area contributed by atoms with Crippen molar-refractivity contribution in [2.24, 2.45) is 16.2 Å². The highest BCUT2D eigenvalue weighted by Gasteiger charge is 2.76. The number of fused-ring (bicyclic) bond motifs is 2. The summed E-state index contributed by atoms with van der Waals surface area (Å²) in [6.45, 7) is 6.07. The fraction of sp³-hybridized carbons (Fsp3) is 0.529. The van der Waals surface area contributed by atoms with E-state index in [1.807, 2.05) is 26.8 Å². The zero-order chi connectivity index (χ0) is 16.3. The zero-order valence-electron chi connectivity index (χ0n) is 12.9. The number of anilines is 1. The van der Waals surface area contributed by atoms with E-state index in [1.54, 1.807) is 18.2 Å². The number of rotatable bonds is 2. The number of amides is 1. The predicted molar refractivity (Wildman–Crippen MR) is 91.4 cm³/mol. The van der Waals surface area contributed by atoms with E-state index < -0.39 is 21.1 Å². The molecule has 1 N–H and O–H groups in total. The first-order chi connectivity index (χ1) is 10.2. The lowest BCUT2D eigenvalue weighted by Gasteiger charge is -2.39. The van der Waals surface area contributed by atoms with Gasteiger partial charge in [-0.05, 0) is 36.5 Å². The van der Waals surface area contributed by atoms with Crippen LogP contribution in [0.1, 0.15) is 33.6 Å². The fourth-order valence-corrected chi connectivity index (χ4v) is 5.97. The molecule has 118 valence electrons. The van der Waals surface area contributed by atoms with E-state index in [0.717, 1.165) is 6.42 Å². The van der Waals surface area contributed by atoms with E-state index in [9.17, 15) is 9.59 Å². The third kappa shape index (κ3) is 1.74. The van der Waals surface area contributed by atoms with E-state index in [-0.39, 0.29) is 11.7 Å². The molecule has 1 amide bonds. The van der Waals surface area contributed by atoms with Gasteiger partial charge in [0, 0.05) is 16.1 Å². The van der Waals surface area contributed by atoms with Crippen LogP contribution in [0.15, 0.2) is 24.3 Å². The largest absolute Gasteiger partial charge is 0.325 e. The molecule has 3 atom stereocenters. The monoisotopic (exact) mass is 383 g/mol. The van der Waals surface area contributed by atoms with Gasteiger partial charge in [-0.25, -0.2) is 0 Å². The first-order valence-electron chi connectivity index (χ1n) is 7.42. The molecule has 1 aromatic carbocycles. The van der Waals surface area contributed by atoms with Gasteiger partial charge >= 0.3 is 0 Å². The van der Waals surface area contributed by atoms with Crippen LogP contribution >= 0.6 is 27.5 Å². The lowest BCUT2D eigenvalue weighted by atomic mass is 9.64. The summed E-state index contributed by atoms with van der Waals surface area (Å²) in [6.07, 6.45) is 1.47. The average molecular weight is 385 g/mol. The number of hydrogen-bond donors (Lipinski definition) is 1. The number of alkyl halides is 1. The molecule has 1 aromatic rings. The molecule has 0 radical (unpaired) electrons. The van der Waals surface area contributed by atoms with Crippen LogP contribution in [0.25, 0.3) is 0 Å². The van der Waals surface area contributed by atoms with Crippen molar-refractivity contribution in [3.05, 3.63) is 29.3 Å². The van der Waals surface area contributed by atoms with E-state index in [0.29, 0.717) is 17.1 Å². The maximum Gasteiger partial charge on any atom is 0.232 e. The summed E-state index contributed by atoms with van der Waals surface area (Å²) >= 11 is 9.50. The van der Waals surface area contributed by atoms with Gasteiger partial charge in [0.2, 0.25) is 5.91 Å². The Kier molecular flexibility index (Phi) is 3.50. The first-order valence-corrected chi connectivity index (χ1v) is 8.71. The minimum Gasteiger partial charge on any atom is -0.325 e. The second kappa shape index (κ2) is 4.81. The Labute approximate surface area is 143 Å². The number of nitrogens with one attached hydrogen (secondary N) is 1. The SMILES string of the molecule is CC1(C)[C@]2(C)CC[C@@]1(C(=O)Nc1cccc(Cl)c1)[C@H](Br)C2=O. The lowest BCUT2D eigenvalue weighted by molar-refractivity contribution is -0.130. The number of carbonyl (C=O) groups is 2. The smallest absolute Gasteiger partial charge is 0.232 e. The van der Waals surface area contributed by atoms with Gasteiger partial charge in [-0.2, -0.15) is 0 Å². The molecule has 3 nitrogen and oxygen atoms in total. The Morgan fingerprint density at radius 1 is 1.32 bits per heavy atom. The van der Waals surface area contributed by atoms with E-state index in [2.05, 4.69) is 21.2 Å². The van der Waals surface area contributed by atoms with Crippen molar-refractivity contribution < 1.29 is 9.59 Å². The quantitative estimate of drug-likeness (QED) is 0.766. The number of Topliss-reactive ketones (excluding diaryl/α,β-unsaturated/α-hetero) is 1. The Hall–Kier alpha value is -0.870. The topological polar surface area (TPSA) is 46.2 Å². The third-order valence-electron chi connectivity index (χ3n) is 6.21. The first kappa shape index (κ1) is 16.0. The lowest BCUT2D eigenvalue weighted by Crippen LogP contribution is -2.47. The second-order valence-electron chi connectivity index (χ2n) is 7.12. The van der Waals surface area contributed by atoms with E-state index >= 15 is 0 Å². The fourth-order valence-electron chi connectivity index (χ4n) is 4.26. The Balaban J connectivity index is 1.99. The highest BCUT2D eigenvalue weighted by atomic mass is 79.9. The summed E-state index contributed by atoms with van der Waals surface area (Å²) in [5.41, 5.74) is -0.905. The minimum absolute atomic E-state index is 0.101. The highest BCUT2D eigenvalue weighted by Crippen LogP contribution is 2.72. The molecule has 22 heavy (non-hydrogen) atoms. The molecule has 0 saturated heterocycles. The van der Waals surface area contributed by atoms with E-state index in [4.69, 9.17) is 11.6 Å². The van der Waals surface area contributed by atoms with Gasteiger partial charge in [-0.3, -0.25) is 9.59 Å². The molecule has 0 spiro atoms. The normalized spacial score (nSPS) is 35.7. The van der Waals surface area contributed by atoms with Gasteiger partial charge in [-0.1, -0.05) is 54.4 Å². The molecule has 2 aliphatic carbocycles. The van der Waals surface area contributed by atoms with Gasteiger partial charge in [0.15, 0.2) is 5.78 Å². The Bertz CT molecular complexity index is 674. The van der Waals surface area contributed by atoms with Crippen molar-refractivity contribution in [1.82, 2.24) is 0 Å². The maximum absolute atomic E-state index is 13.1. The molecule has 0 heterocycles. The summed E-state index contributed by atoms with van der Waals surface area (Å²) < 4.78 is 0. The van der Waals surface area contributed by atoms with Gasteiger partial charge < -0.3 is 5.32 Å². The van der Waals surface area contributed by atoms with Gasteiger partial charge in [-0.15, -0.1) is 0 Å². The summed E-state index contributed by atoms with van der Waals surface area (Å²) in [4.78, 5) is 25.3. The molecule has 0 unspecified atom stereocenters. The number of carbonyl (C=O) groups excluding carboxylic acids is 2. The molecular formula is C17H19BrClNO2. The molecule has 0 aliphatic heterocycles. The van der Waals surface area contributed by atoms with Crippen LogP contribution in [-0.4, -0.2) is 16.5 Å². The average Bonchev–Trinajstić information content (AvgIpc) is 2.71. The predicted octanol–water partition coefficient (Wildman–Crippen LogP) is 4.44. The van der Waals surface area contributed by atoms with Gasteiger partial charge in [0.05, 0.1) is 10.2 Å². The Morgan fingerprint density at radius 2 is 2.00 bits per heavy atom.